The van der Waals surface area contributed by atoms with E-state index in [-0.39, 0.29) is 37.0 Å². The van der Waals surface area contributed by atoms with Crippen molar-refractivity contribution >= 4 is 26.8 Å². The van der Waals surface area contributed by atoms with Gasteiger partial charge >= 0.3 is 0 Å². The average Bonchev–Trinajstić information content (AvgIpc) is 2.78. The third-order valence-corrected chi connectivity index (χ3v) is 7.36. The number of fused-ring (bicyclic) bond motifs is 1. The Balaban J connectivity index is 1.52. The van der Waals surface area contributed by atoms with Crippen molar-refractivity contribution in [1.82, 2.24) is 14.2 Å². The molecule has 1 aromatic heterocycles. The summed E-state index contributed by atoms with van der Waals surface area (Å²) in [6.07, 6.45) is 0. The van der Waals surface area contributed by atoms with Crippen molar-refractivity contribution in [3.63, 3.8) is 0 Å². The molecular weight excluding hydrogens is 421 g/mol. The first kappa shape index (κ1) is 21.2. The summed E-state index contributed by atoms with van der Waals surface area (Å²) in [6.45, 7) is 2.39. The first-order valence-electron chi connectivity index (χ1n) is 9.80. The van der Waals surface area contributed by atoms with Crippen LogP contribution in [0.4, 0.5) is 4.39 Å². The SMILES string of the molecule is COc1ccc2cc(C(=O)N3CCN(S(=O)(=O)c4ccccc4F)CC3)c(C)nc2c1. The van der Waals surface area contributed by atoms with Gasteiger partial charge in [-0.3, -0.25) is 9.78 Å². The number of methoxy groups -OCH3 is 1. The minimum Gasteiger partial charge on any atom is -0.497 e. The summed E-state index contributed by atoms with van der Waals surface area (Å²) in [4.78, 5) is 18.9. The van der Waals surface area contributed by atoms with E-state index in [1.165, 1.54) is 22.5 Å². The molecule has 0 bridgehead atoms. The quantitative estimate of drug-likeness (QED) is 0.620. The van der Waals surface area contributed by atoms with Gasteiger partial charge in [-0.2, -0.15) is 4.31 Å². The van der Waals surface area contributed by atoms with Gasteiger partial charge in [-0.1, -0.05) is 12.1 Å². The van der Waals surface area contributed by atoms with Crippen LogP contribution in [0.5, 0.6) is 5.75 Å². The van der Waals surface area contributed by atoms with Crippen LogP contribution < -0.4 is 4.74 Å². The van der Waals surface area contributed by atoms with E-state index in [0.29, 0.717) is 17.0 Å². The van der Waals surface area contributed by atoms with E-state index in [4.69, 9.17) is 4.74 Å². The second-order valence-corrected chi connectivity index (χ2v) is 9.21. The van der Waals surface area contributed by atoms with Crippen LogP contribution in [0.15, 0.2) is 53.4 Å². The average molecular weight is 444 g/mol. The number of ether oxygens (including phenoxy) is 1. The highest BCUT2D eigenvalue weighted by Crippen LogP contribution is 2.24. The van der Waals surface area contributed by atoms with E-state index in [2.05, 4.69) is 4.98 Å². The Morgan fingerprint density at radius 2 is 1.77 bits per heavy atom. The second-order valence-electron chi connectivity index (χ2n) is 7.31. The van der Waals surface area contributed by atoms with Crippen LogP contribution in [-0.2, 0) is 10.0 Å². The van der Waals surface area contributed by atoms with Gasteiger partial charge in [0.15, 0.2) is 0 Å². The molecule has 2 aromatic carbocycles. The third kappa shape index (κ3) is 3.98. The molecular formula is C22H22FN3O4S. The molecule has 0 aliphatic carbocycles. The Hall–Kier alpha value is -3.04. The molecule has 2 heterocycles. The largest absolute Gasteiger partial charge is 0.497 e. The van der Waals surface area contributed by atoms with Crippen molar-refractivity contribution in [3.05, 3.63) is 65.6 Å². The summed E-state index contributed by atoms with van der Waals surface area (Å²) in [7, 11) is -2.37. The molecule has 0 radical (unpaired) electrons. The molecule has 3 aromatic rings. The van der Waals surface area contributed by atoms with Crippen molar-refractivity contribution in [2.45, 2.75) is 11.8 Å². The fraction of sp³-hybridized carbons (Fsp3) is 0.273. The number of nitrogens with zero attached hydrogens (tertiary/aromatic N) is 3. The Labute approximate surface area is 180 Å². The summed E-state index contributed by atoms with van der Waals surface area (Å²) >= 11 is 0. The van der Waals surface area contributed by atoms with Crippen molar-refractivity contribution in [3.8, 4) is 5.75 Å². The highest BCUT2D eigenvalue weighted by molar-refractivity contribution is 7.89. The maximum atomic E-state index is 14.0. The first-order chi connectivity index (χ1) is 14.8. The fourth-order valence-electron chi connectivity index (χ4n) is 3.68. The lowest BCUT2D eigenvalue weighted by atomic mass is 10.1. The normalized spacial score (nSPS) is 15.3. The van der Waals surface area contributed by atoms with Gasteiger partial charge < -0.3 is 9.64 Å². The van der Waals surface area contributed by atoms with Crippen LogP contribution in [0.1, 0.15) is 16.1 Å². The van der Waals surface area contributed by atoms with Crippen LogP contribution >= 0.6 is 0 Å². The number of halogens is 1. The lowest BCUT2D eigenvalue weighted by Gasteiger charge is -2.34. The molecule has 1 aliphatic heterocycles. The summed E-state index contributed by atoms with van der Waals surface area (Å²) in [6, 6.07) is 12.6. The number of carbonyl (C=O) groups is 1. The van der Waals surface area contributed by atoms with Crippen LogP contribution in [-0.4, -0.2) is 61.8 Å². The number of carbonyl (C=O) groups excluding carboxylic acids is 1. The van der Waals surface area contributed by atoms with E-state index >= 15 is 0 Å². The number of amides is 1. The molecule has 1 fully saturated rings. The number of aryl methyl sites for hydroxylation is 1. The van der Waals surface area contributed by atoms with Gasteiger partial charge in [-0.25, -0.2) is 12.8 Å². The Bertz CT molecular complexity index is 1250. The minimum atomic E-state index is -3.95. The molecule has 1 aliphatic rings. The van der Waals surface area contributed by atoms with Crippen LogP contribution in [0.3, 0.4) is 0 Å². The monoisotopic (exact) mass is 443 g/mol. The standard InChI is InChI=1S/C22H22FN3O4S/c1-15-18(13-16-7-8-17(30-2)14-20(16)24-15)22(27)25-9-11-26(12-10-25)31(28,29)21-6-4-3-5-19(21)23/h3-8,13-14H,9-12H2,1-2H3. The molecule has 7 nitrogen and oxygen atoms in total. The fourth-order valence-corrected chi connectivity index (χ4v) is 5.17. The second kappa shape index (κ2) is 8.24. The predicted octanol–water partition coefficient (Wildman–Crippen LogP) is 2.84. The summed E-state index contributed by atoms with van der Waals surface area (Å²) in [5.74, 6) is -0.299. The van der Waals surface area contributed by atoms with Crippen LogP contribution in [0, 0.1) is 12.7 Å². The lowest BCUT2D eigenvalue weighted by Crippen LogP contribution is -2.50. The molecule has 9 heteroatoms. The van der Waals surface area contributed by atoms with Gasteiger partial charge in [-0.05, 0) is 37.3 Å². The molecule has 0 saturated carbocycles. The van der Waals surface area contributed by atoms with Gasteiger partial charge in [0.1, 0.15) is 16.5 Å². The van der Waals surface area contributed by atoms with E-state index in [0.717, 1.165) is 17.0 Å². The number of rotatable bonds is 4. The number of pyridine rings is 1. The third-order valence-electron chi connectivity index (χ3n) is 5.43. The van der Waals surface area contributed by atoms with Crippen LogP contribution in [0.25, 0.3) is 10.9 Å². The molecule has 0 atom stereocenters. The molecule has 0 N–H and O–H groups in total. The number of benzene rings is 2. The minimum absolute atomic E-state index is 0.0969. The number of hydrogen-bond donors (Lipinski definition) is 0. The summed E-state index contributed by atoms with van der Waals surface area (Å²) < 4.78 is 46.0. The summed E-state index contributed by atoms with van der Waals surface area (Å²) in [5.41, 5.74) is 1.80. The Kier molecular flexibility index (Phi) is 5.63. The highest BCUT2D eigenvalue weighted by Gasteiger charge is 2.32. The predicted molar refractivity (Wildman–Crippen MR) is 114 cm³/mol. The smallest absolute Gasteiger partial charge is 0.255 e. The van der Waals surface area contributed by atoms with E-state index < -0.39 is 15.8 Å². The molecule has 1 amide bonds. The molecule has 0 spiro atoms. The van der Waals surface area contributed by atoms with Gasteiger partial charge in [0.05, 0.1) is 23.9 Å². The van der Waals surface area contributed by atoms with E-state index in [9.17, 15) is 17.6 Å². The zero-order chi connectivity index (χ0) is 22.2. The van der Waals surface area contributed by atoms with Crippen LogP contribution in [0.2, 0.25) is 0 Å². The van der Waals surface area contributed by atoms with Gasteiger partial charge in [0.25, 0.3) is 5.91 Å². The molecule has 1 saturated heterocycles. The molecule has 162 valence electrons. The number of aromatic nitrogens is 1. The van der Waals surface area contributed by atoms with Crippen molar-refractivity contribution in [2.75, 3.05) is 33.3 Å². The Morgan fingerprint density at radius 1 is 1.06 bits per heavy atom. The number of sulfonamides is 1. The maximum absolute atomic E-state index is 14.0. The number of piperazine rings is 1. The Morgan fingerprint density at radius 3 is 2.45 bits per heavy atom. The highest BCUT2D eigenvalue weighted by atomic mass is 32.2. The molecule has 4 rings (SSSR count). The topological polar surface area (TPSA) is 79.8 Å². The lowest BCUT2D eigenvalue weighted by molar-refractivity contribution is 0.0696. The van der Waals surface area contributed by atoms with Gasteiger partial charge in [0, 0.05) is 37.6 Å². The summed E-state index contributed by atoms with van der Waals surface area (Å²) in [5, 5.41) is 0.815. The maximum Gasteiger partial charge on any atom is 0.255 e. The van der Waals surface area contributed by atoms with Crippen molar-refractivity contribution in [2.24, 2.45) is 0 Å². The number of hydrogen-bond acceptors (Lipinski definition) is 5. The van der Waals surface area contributed by atoms with E-state index in [1.54, 1.807) is 31.1 Å². The van der Waals surface area contributed by atoms with Gasteiger partial charge in [-0.15, -0.1) is 0 Å². The zero-order valence-electron chi connectivity index (χ0n) is 17.2. The van der Waals surface area contributed by atoms with Gasteiger partial charge in [0.2, 0.25) is 10.0 Å². The van der Waals surface area contributed by atoms with Crippen molar-refractivity contribution < 1.29 is 22.3 Å². The first-order valence-corrected chi connectivity index (χ1v) is 11.2. The molecule has 31 heavy (non-hydrogen) atoms. The van der Waals surface area contributed by atoms with Crippen molar-refractivity contribution in [1.29, 1.82) is 0 Å². The zero-order valence-corrected chi connectivity index (χ0v) is 18.0. The van der Waals surface area contributed by atoms with E-state index in [1.807, 2.05) is 12.1 Å². The molecule has 0 unspecified atom stereocenters.